The lowest BCUT2D eigenvalue weighted by molar-refractivity contribution is 0.245. The van der Waals surface area contributed by atoms with E-state index in [2.05, 4.69) is 27.2 Å². The summed E-state index contributed by atoms with van der Waals surface area (Å²) in [6.07, 6.45) is 5.41. The summed E-state index contributed by atoms with van der Waals surface area (Å²) in [5.41, 5.74) is 0.762. The molecule has 1 fully saturated rings. The van der Waals surface area contributed by atoms with Gasteiger partial charge < -0.3 is 15.2 Å². The van der Waals surface area contributed by atoms with E-state index in [1.807, 2.05) is 11.4 Å². The standard InChI is InChI=1S/C15H22N4OS/c1-19(11-4-2-3-5-11)8-7-16-10-13-17-12-6-9-21-14(12)15(20)18-13/h6,9,11,16H,2-5,7-8,10H2,1H3,(H,17,18,20). The molecule has 21 heavy (non-hydrogen) atoms. The summed E-state index contributed by atoms with van der Waals surface area (Å²) in [5, 5.41) is 5.27. The molecule has 2 heterocycles. The molecule has 1 aliphatic carbocycles. The third-order valence-electron chi connectivity index (χ3n) is 4.25. The number of nitrogens with one attached hydrogen (secondary N) is 2. The monoisotopic (exact) mass is 306 g/mol. The van der Waals surface area contributed by atoms with Gasteiger partial charge in [-0.3, -0.25) is 4.79 Å². The van der Waals surface area contributed by atoms with E-state index >= 15 is 0 Å². The Labute approximate surface area is 128 Å². The maximum Gasteiger partial charge on any atom is 0.268 e. The summed E-state index contributed by atoms with van der Waals surface area (Å²) in [6, 6.07) is 2.65. The van der Waals surface area contributed by atoms with Gasteiger partial charge in [0.1, 0.15) is 10.5 Å². The van der Waals surface area contributed by atoms with E-state index in [4.69, 9.17) is 0 Å². The molecular formula is C15H22N4OS. The van der Waals surface area contributed by atoms with Crippen molar-refractivity contribution in [3.63, 3.8) is 0 Å². The minimum atomic E-state index is -0.0325. The van der Waals surface area contributed by atoms with Crippen LogP contribution in [0.2, 0.25) is 0 Å². The summed E-state index contributed by atoms with van der Waals surface area (Å²) < 4.78 is 0.708. The summed E-state index contributed by atoms with van der Waals surface area (Å²) >= 11 is 1.44. The zero-order valence-corrected chi connectivity index (χ0v) is 13.2. The molecule has 114 valence electrons. The number of fused-ring (bicyclic) bond motifs is 1. The molecule has 0 atom stereocenters. The molecule has 0 aliphatic heterocycles. The second-order valence-corrected chi connectivity index (χ2v) is 6.66. The van der Waals surface area contributed by atoms with E-state index in [0.29, 0.717) is 11.2 Å². The molecule has 1 aliphatic rings. The highest BCUT2D eigenvalue weighted by Crippen LogP contribution is 2.21. The number of aromatic nitrogens is 2. The average molecular weight is 306 g/mol. The van der Waals surface area contributed by atoms with Crippen molar-refractivity contribution in [2.45, 2.75) is 38.3 Å². The van der Waals surface area contributed by atoms with E-state index in [-0.39, 0.29) is 5.56 Å². The predicted molar refractivity (Wildman–Crippen MR) is 86.8 cm³/mol. The van der Waals surface area contributed by atoms with Crippen molar-refractivity contribution >= 4 is 21.6 Å². The Balaban J connectivity index is 1.49. The molecule has 1 saturated carbocycles. The van der Waals surface area contributed by atoms with Crippen molar-refractivity contribution in [3.8, 4) is 0 Å². The van der Waals surface area contributed by atoms with Crippen LogP contribution in [-0.4, -0.2) is 41.0 Å². The molecule has 0 amide bonds. The first-order chi connectivity index (χ1) is 10.2. The quantitative estimate of drug-likeness (QED) is 0.801. The van der Waals surface area contributed by atoms with Crippen LogP contribution in [0, 0.1) is 0 Å². The molecule has 6 heteroatoms. The fraction of sp³-hybridized carbons (Fsp3) is 0.600. The largest absolute Gasteiger partial charge is 0.309 e. The summed E-state index contributed by atoms with van der Waals surface area (Å²) in [5.74, 6) is 0.717. The third kappa shape index (κ3) is 3.51. The highest BCUT2D eigenvalue weighted by Gasteiger charge is 2.18. The van der Waals surface area contributed by atoms with E-state index in [9.17, 15) is 4.79 Å². The lowest BCUT2D eigenvalue weighted by atomic mass is 10.2. The van der Waals surface area contributed by atoms with E-state index in [1.165, 1.54) is 37.0 Å². The van der Waals surface area contributed by atoms with Crippen molar-refractivity contribution in [1.29, 1.82) is 0 Å². The number of nitrogens with zero attached hydrogens (tertiary/aromatic N) is 2. The fourth-order valence-corrected chi connectivity index (χ4v) is 3.72. The Hall–Kier alpha value is -1.24. The van der Waals surface area contributed by atoms with Gasteiger partial charge in [-0.15, -0.1) is 11.3 Å². The van der Waals surface area contributed by atoms with Crippen LogP contribution >= 0.6 is 11.3 Å². The first-order valence-corrected chi connectivity index (χ1v) is 8.49. The summed E-state index contributed by atoms with van der Waals surface area (Å²) in [4.78, 5) is 21.6. The lowest BCUT2D eigenvalue weighted by Gasteiger charge is -2.23. The Morgan fingerprint density at radius 2 is 2.29 bits per heavy atom. The number of thiophene rings is 1. The van der Waals surface area contributed by atoms with Gasteiger partial charge in [0.2, 0.25) is 0 Å². The van der Waals surface area contributed by atoms with Gasteiger partial charge in [-0.1, -0.05) is 12.8 Å². The van der Waals surface area contributed by atoms with Crippen LogP contribution in [0.1, 0.15) is 31.5 Å². The van der Waals surface area contributed by atoms with E-state index in [0.717, 1.165) is 30.5 Å². The zero-order valence-electron chi connectivity index (χ0n) is 12.4. The van der Waals surface area contributed by atoms with Crippen LogP contribution in [0.15, 0.2) is 16.2 Å². The maximum atomic E-state index is 11.9. The number of hydrogen-bond acceptors (Lipinski definition) is 5. The SMILES string of the molecule is CN(CCNCc1nc2ccsc2c(=O)[nH]1)C1CCCC1. The molecule has 5 nitrogen and oxygen atoms in total. The van der Waals surface area contributed by atoms with Crippen molar-refractivity contribution in [3.05, 3.63) is 27.6 Å². The fourth-order valence-electron chi connectivity index (χ4n) is 3.00. The molecule has 0 spiro atoms. The summed E-state index contributed by atoms with van der Waals surface area (Å²) in [6.45, 7) is 2.56. The summed E-state index contributed by atoms with van der Waals surface area (Å²) in [7, 11) is 2.20. The predicted octanol–water partition coefficient (Wildman–Crippen LogP) is 1.95. The van der Waals surface area contributed by atoms with Crippen LogP contribution in [0.5, 0.6) is 0 Å². The molecule has 2 N–H and O–H groups in total. The van der Waals surface area contributed by atoms with Crippen LogP contribution in [-0.2, 0) is 6.54 Å². The second kappa shape index (κ2) is 6.68. The van der Waals surface area contributed by atoms with Crippen molar-refractivity contribution in [2.75, 3.05) is 20.1 Å². The third-order valence-corrected chi connectivity index (χ3v) is 5.15. The molecule has 2 aromatic rings. The number of H-pyrrole nitrogens is 1. The lowest BCUT2D eigenvalue weighted by Crippen LogP contribution is -2.35. The molecule has 3 rings (SSSR count). The van der Waals surface area contributed by atoms with Crippen LogP contribution in [0.4, 0.5) is 0 Å². The Morgan fingerprint density at radius 1 is 1.48 bits per heavy atom. The van der Waals surface area contributed by atoms with Gasteiger partial charge >= 0.3 is 0 Å². The van der Waals surface area contributed by atoms with E-state index in [1.54, 1.807) is 0 Å². The van der Waals surface area contributed by atoms with Gasteiger partial charge in [-0.25, -0.2) is 4.98 Å². The molecule has 0 bridgehead atoms. The van der Waals surface area contributed by atoms with Crippen molar-refractivity contribution in [1.82, 2.24) is 20.2 Å². The van der Waals surface area contributed by atoms with E-state index < -0.39 is 0 Å². The topological polar surface area (TPSA) is 61.0 Å². The number of aromatic amines is 1. The second-order valence-electron chi connectivity index (χ2n) is 5.74. The highest BCUT2D eigenvalue weighted by atomic mass is 32.1. The van der Waals surface area contributed by atoms with Crippen LogP contribution in [0.3, 0.4) is 0 Å². The van der Waals surface area contributed by atoms with Crippen molar-refractivity contribution in [2.24, 2.45) is 0 Å². The maximum absolute atomic E-state index is 11.9. The Morgan fingerprint density at radius 3 is 3.10 bits per heavy atom. The Kier molecular flexibility index (Phi) is 4.67. The molecule has 2 aromatic heterocycles. The van der Waals surface area contributed by atoms with Gasteiger partial charge in [0.05, 0.1) is 12.1 Å². The van der Waals surface area contributed by atoms with Gasteiger partial charge in [-0.05, 0) is 31.3 Å². The van der Waals surface area contributed by atoms with Gasteiger partial charge in [0, 0.05) is 19.1 Å². The number of hydrogen-bond donors (Lipinski definition) is 2. The minimum Gasteiger partial charge on any atom is -0.309 e. The first-order valence-electron chi connectivity index (χ1n) is 7.61. The van der Waals surface area contributed by atoms with Crippen LogP contribution < -0.4 is 10.9 Å². The smallest absolute Gasteiger partial charge is 0.268 e. The van der Waals surface area contributed by atoms with Gasteiger partial charge in [0.15, 0.2) is 0 Å². The van der Waals surface area contributed by atoms with Crippen molar-refractivity contribution < 1.29 is 0 Å². The molecular weight excluding hydrogens is 284 g/mol. The molecule has 0 saturated heterocycles. The zero-order chi connectivity index (χ0) is 14.7. The highest BCUT2D eigenvalue weighted by molar-refractivity contribution is 7.17. The van der Waals surface area contributed by atoms with Crippen LogP contribution in [0.25, 0.3) is 10.2 Å². The number of likely N-dealkylation sites (N-methyl/N-ethyl adjacent to an activating group) is 1. The Bertz CT molecular complexity index is 644. The van der Waals surface area contributed by atoms with Gasteiger partial charge in [-0.2, -0.15) is 0 Å². The first kappa shape index (κ1) is 14.7. The average Bonchev–Trinajstić information content (AvgIpc) is 3.14. The molecule has 0 radical (unpaired) electrons. The minimum absolute atomic E-state index is 0.0325. The molecule has 0 unspecified atom stereocenters. The normalized spacial score (nSPS) is 16.3. The molecule has 0 aromatic carbocycles. The number of rotatable bonds is 6. The van der Waals surface area contributed by atoms with Gasteiger partial charge in [0.25, 0.3) is 5.56 Å².